The highest BCUT2D eigenvalue weighted by Gasteiger charge is 2.42. The van der Waals surface area contributed by atoms with E-state index >= 15 is 0 Å². The number of alkyl halides is 5. The minimum absolute atomic E-state index is 0.0922. The summed E-state index contributed by atoms with van der Waals surface area (Å²) < 4.78 is 87.0. The number of ether oxygens (including phenoxy) is 4. The molecular formula is C23H24F5N5O5. The van der Waals surface area contributed by atoms with Crippen molar-refractivity contribution in [1.82, 2.24) is 9.97 Å². The summed E-state index contributed by atoms with van der Waals surface area (Å²) in [7, 11) is 3.57. The van der Waals surface area contributed by atoms with E-state index < -0.39 is 48.9 Å². The van der Waals surface area contributed by atoms with E-state index in [4.69, 9.17) is 14.2 Å². The van der Waals surface area contributed by atoms with Crippen molar-refractivity contribution in [2.45, 2.75) is 37.8 Å². The minimum atomic E-state index is -4.80. The second-order valence-corrected chi connectivity index (χ2v) is 8.02. The molecule has 3 heterocycles. The zero-order valence-electron chi connectivity index (χ0n) is 20.5. The van der Waals surface area contributed by atoms with Gasteiger partial charge < -0.3 is 18.9 Å². The molecule has 0 bridgehead atoms. The predicted molar refractivity (Wildman–Crippen MR) is 122 cm³/mol. The molecule has 15 heteroatoms. The quantitative estimate of drug-likeness (QED) is 0.361. The van der Waals surface area contributed by atoms with Gasteiger partial charge in [0.15, 0.2) is 0 Å². The number of methoxy groups -OCH3 is 3. The maximum Gasteiger partial charge on any atom is 0.427 e. The lowest BCUT2D eigenvalue weighted by Crippen LogP contribution is -2.40. The number of rotatable bonds is 9. The molecule has 3 rings (SSSR count). The van der Waals surface area contributed by atoms with Gasteiger partial charge in [0.25, 0.3) is 6.43 Å². The van der Waals surface area contributed by atoms with Crippen molar-refractivity contribution in [2.75, 3.05) is 44.7 Å². The summed E-state index contributed by atoms with van der Waals surface area (Å²) in [6.45, 7) is -0.672. The number of pyridine rings is 2. The average molecular weight is 545 g/mol. The van der Waals surface area contributed by atoms with Crippen LogP contribution in [0, 0.1) is 11.3 Å². The molecule has 2 aromatic rings. The van der Waals surface area contributed by atoms with E-state index in [0.29, 0.717) is 18.4 Å². The Bertz CT molecular complexity index is 1190. The number of carbonyl (C=O) groups excluding carboxylic acids is 1. The second kappa shape index (κ2) is 12.3. The largest absolute Gasteiger partial charge is 0.477 e. The fourth-order valence-corrected chi connectivity index (χ4v) is 3.77. The van der Waals surface area contributed by atoms with Crippen LogP contribution < -0.4 is 15.0 Å². The van der Waals surface area contributed by atoms with E-state index in [1.807, 2.05) is 0 Å². The summed E-state index contributed by atoms with van der Waals surface area (Å²) in [4.78, 5) is 22.5. The Balaban J connectivity index is 1.92. The topological polar surface area (TPSA) is 119 Å². The van der Waals surface area contributed by atoms with Crippen molar-refractivity contribution in [3.05, 3.63) is 40.7 Å². The van der Waals surface area contributed by atoms with Gasteiger partial charge in [-0.25, -0.2) is 23.5 Å². The Kier molecular flexibility index (Phi) is 9.36. The number of halogens is 5. The first-order valence-corrected chi connectivity index (χ1v) is 11.1. The summed E-state index contributed by atoms with van der Waals surface area (Å²) in [6, 6.07) is 3.11. The molecular weight excluding hydrogens is 521 g/mol. The maximum absolute atomic E-state index is 13.7. The van der Waals surface area contributed by atoms with Crippen LogP contribution in [0.15, 0.2) is 18.3 Å². The van der Waals surface area contributed by atoms with Crippen LogP contribution in [0.25, 0.3) is 0 Å². The highest BCUT2D eigenvalue weighted by atomic mass is 19.4. The molecule has 1 unspecified atom stereocenters. The van der Waals surface area contributed by atoms with Crippen molar-refractivity contribution in [2.24, 2.45) is 0 Å². The first-order valence-electron chi connectivity index (χ1n) is 11.1. The van der Waals surface area contributed by atoms with Crippen LogP contribution in [0.1, 0.15) is 41.5 Å². The van der Waals surface area contributed by atoms with Gasteiger partial charge in [-0.15, -0.1) is 0 Å². The van der Waals surface area contributed by atoms with Crippen LogP contribution in [0.4, 0.5) is 38.4 Å². The van der Waals surface area contributed by atoms with Gasteiger partial charge in [-0.3, -0.25) is 10.2 Å². The second-order valence-electron chi connectivity index (χ2n) is 8.02. The van der Waals surface area contributed by atoms with E-state index in [1.165, 1.54) is 25.2 Å². The number of nitrogens with one attached hydrogen (secondary N) is 1. The summed E-state index contributed by atoms with van der Waals surface area (Å²) in [5.41, 5.74) is -0.508. The molecule has 38 heavy (non-hydrogen) atoms. The van der Waals surface area contributed by atoms with Crippen LogP contribution in [-0.2, 0) is 20.6 Å². The number of aromatic nitrogens is 2. The smallest absolute Gasteiger partial charge is 0.427 e. The normalized spacial score (nSPS) is 14.3. The number of anilines is 2. The Hall–Kier alpha value is -3.61. The number of nitrogens with zero attached hydrogens (tertiary/aromatic N) is 4. The number of aryl methyl sites for hydroxylation is 1. The maximum atomic E-state index is 13.7. The van der Waals surface area contributed by atoms with Crippen molar-refractivity contribution in [3.63, 3.8) is 0 Å². The van der Waals surface area contributed by atoms with E-state index in [0.717, 1.165) is 19.4 Å². The number of amides is 2. The fraction of sp³-hybridized carbons (Fsp3) is 0.478. The van der Waals surface area contributed by atoms with Gasteiger partial charge in [0.05, 0.1) is 12.8 Å². The predicted octanol–water partition coefficient (Wildman–Crippen LogP) is 4.52. The standard InChI is InChI=1S/C23H24F5N5O5/c1-35-11-16(23(26,27)28)38-15-8-17(30-10-13(15)9-29)31-22(34)33-6-4-5-12-7-14(19(24)25)18(32-20(12)33)21(36-2)37-3/h7-8,10,16,19,21H,4-6,11H2,1-3H3,(H,30,31,34). The molecule has 0 saturated heterocycles. The lowest BCUT2D eigenvalue weighted by Gasteiger charge is -2.30. The third-order valence-corrected chi connectivity index (χ3v) is 5.53. The number of carbonyl (C=O) groups is 1. The first-order chi connectivity index (χ1) is 18.0. The monoisotopic (exact) mass is 545 g/mol. The zero-order chi connectivity index (χ0) is 28.0. The third kappa shape index (κ3) is 6.44. The van der Waals surface area contributed by atoms with E-state index in [-0.39, 0.29) is 29.4 Å². The Morgan fingerprint density at radius 3 is 2.53 bits per heavy atom. The third-order valence-electron chi connectivity index (χ3n) is 5.53. The molecule has 1 N–H and O–H groups in total. The number of nitriles is 1. The Labute approximate surface area is 214 Å². The molecule has 1 aliphatic heterocycles. The van der Waals surface area contributed by atoms with Crippen molar-refractivity contribution >= 4 is 17.7 Å². The molecule has 0 aliphatic carbocycles. The van der Waals surface area contributed by atoms with Crippen molar-refractivity contribution in [3.8, 4) is 11.8 Å². The number of fused-ring (bicyclic) bond motifs is 1. The van der Waals surface area contributed by atoms with Crippen LogP contribution >= 0.6 is 0 Å². The Morgan fingerprint density at radius 1 is 1.24 bits per heavy atom. The molecule has 1 atom stereocenters. The molecule has 1 aliphatic rings. The Morgan fingerprint density at radius 2 is 1.95 bits per heavy atom. The van der Waals surface area contributed by atoms with Crippen molar-refractivity contribution in [1.29, 1.82) is 5.26 Å². The summed E-state index contributed by atoms with van der Waals surface area (Å²) >= 11 is 0. The molecule has 0 aromatic carbocycles. The minimum Gasteiger partial charge on any atom is -0.477 e. The molecule has 0 spiro atoms. The van der Waals surface area contributed by atoms with Gasteiger partial charge in [-0.2, -0.15) is 18.4 Å². The molecule has 2 aromatic heterocycles. The van der Waals surface area contributed by atoms with Crippen LogP contribution in [-0.4, -0.2) is 62.8 Å². The van der Waals surface area contributed by atoms with Gasteiger partial charge in [0, 0.05) is 39.5 Å². The average Bonchev–Trinajstić information content (AvgIpc) is 2.88. The van der Waals surface area contributed by atoms with Crippen LogP contribution in [0.2, 0.25) is 0 Å². The summed E-state index contributed by atoms with van der Waals surface area (Å²) in [5, 5.41) is 11.7. The van der Waals surface area contributed by atoms with Gasteiger partial charge in [0.1, 0.15) is 34.7 Å². The van der Waals surface area contributed by atoms with E-state index in [1.54, 1.807) is 6.07 Å². The van der Waals surface area contributed by atoms with Crippen LogP contribution in [0.5, 0.6) is 5.75 Å². The number of hydrogen-bond donors (Lipinski definition) is 1. The van der Waals surface area contributed by atoms with Crippen molar-refractivity contribution < 1.29 is 45.7 Å². The van der Waals surface area contributed by atoms with E-state index in [2.05, 4.69) is 20.0 Å². The van der Waals surface area contributed by atoms with E-state index in [9.17, 15) is 32.0 Å². The van der Waals surface area contributed by atoms with Gasteiger partial charge >= 0.3 is 12.2 Å². The fourth-order valence-electron chi connectivity index (χ4n) is 3.77. The lowest BCUT2D eigenvalue weighted by molar-refractivity contribution is -0.206. The highest BCUT2D eigenvalue weighted by Crippen LogP contribution is 2.35. The molecule has 2 amide bonds. The van der Waals surface area contributed by atoms with Gasteiger partial charge in [-0.05, 0) is 24.5 Å². The lowest BCUT2D eigenvalue weighted by atomic mass is 10.0. The molecule has 206 valence electrons. The molecule has 0 radical (unpaired) electrons. The number of hydrogen-bond acceptors (Lipinski definition) is 8. The SMILES string of the molecule is COCC(Oc1cc(NC(=O)N2CCCc3cc(C(F)F)c(C(OC)OC)nc32)ncc1C#N)C(F)(F)F. The van der Waals surface area contributed by atoms with Gasteiger partial charge in [-0.1, -0.05) is 0 Å². The van der Waals surface area contributed by atoms with Crippen LogP contribution in [0.3, 0.4) is 0 Å². The highest BCUT2D eigenvalue weighted by molar-refractivity contribution is 6.01. The number of urea groups is 1. The summed E-state index contributed by atoms with van der Waals surface area (Å²) in [5.74, 6) is -0.596. The molecule has 10 nitrogen and oxygen atoms in total. The van der Waals surface area contributed by atoms with Gasteiger partial charge in [0.2, 0.25) is 12.4 Å². The molecule has 0 saturated carbocycles. The zero-order valence-corrected chi connectivity index (χ0v) is 20.5. The molecule has 0 fully saturated rings. The first kappa shape index (κ1) is 29.0. The summed E-state index contributed by atoms with van der Waals surface area (Å²) in [6.07, 6.45) is -9.51.